The zero-order chi connectivity index (χ0) is 10.1. The van der Waals surface area contributed by atoms with Crippen molar-refractivity contribution in [3.05, 3.63) is 41.5 Å². The first-order valence-electron chi connectivity index (χ1n) is 4.22. The molecular weight excluding hydrogens is 180 g/mol. The van der Waals surface area contributed by atoms with Gasteiger partial charge < -0.3 is 4.74 Å². The number of hydrogen-bond donors (Lipinski definition) is 0. The Bertz CT molecular complexity index is 444. The predicted octanol–water partition coefficient (Wildman–Crippen LogP) is 1.46. The lowest BCUT2D eigenvalue weighted by Crippen LogP contribution is -2.02. The molecule has 70 valence electrons. The molecule has 3 nitrogen and oxygen atoms in total. The lowest BCUT2D eigenvalue weighted by molar-refractivity contribution is -0.149. The van der Waals surface area contributed by atoms with Crippen LogP contribution in [0.1, 0.15) is 11.1 Å². The molecule has 0 fully saturated rings. The second-order valence-corrected chi connectivity index (χ2v) is 3.08. The van der Waals surface area contributed by atoms with Gasteiger partial charge in [0.05, 0.1) is 5.57 Å². The van der Waals surface area contributed by atoms with Crippen molar-refractivity contribution in [2.45, 2.75) is 6.92 Å². The second kappa shape index (κ2) is 3.10. The van der Waals surface area contributed by atoms with Gasteiger partial charge in [-0.25, -0.2) is 9.59 Å². The van der Waals surface area contributed by atoms with E-state index in [0.29, 0.717) is 5.57 Å². The van der Waals surface area contributed by atoms with E-state index >= 15 is 0 Å². The molecule has 0 radical (unpaired) electrons. The normalized spacial score (nSPS) is 15.4. The van der Waals surface area contributed by atoms with Gasteiger partial charge in [0.2, 0.25) is 0 Å². The third-order valence-electron chi connectivity index (χ3n) is 2.11. The topological polar surface area (TPSA) is 43.4 Å². The maximum Gasteiger partial charge on any atom is 0.346 e. The van der Waals surface area contributed by atoms with Gasteiger partial charge in [-0.15, -0.1) is 0 Å². The van der Waals surface area contributed by atoms with Crippen LogP contribution < -0.4 is 0 Å². The molecular formula is C11H8O3. The lowest BCUT2D eigenvalue weighted by atomic mass is 10.0. The van der Waals surface area contributed by atoms with E-state index in [2.05, 4.69) is 4.74 Å². The van der Waals surface area contributed by atoms with Gasteiger partial charge in [0.1, 0.15) is 0 Å². The van der Waals surface area contributed by atoms with Gasteiger partial charge in [0, 0.05) is 6.08 Å². The summed E-state index contributed by atoms with van der Waals surface area (Å²) >= 11 is 0. The molecule has 0 aliphatic carbocycles. The summed E-state index contributed by atoms with van der Waals surface area (Å²) in [6.07, 6.45) is 1.23. The van der Waals surface area contributed by atoms with E-state index in [1.54, 1.807) is 6.07 Å². The Morgan fingerprint density at radius 3 is 2.43 bits per heavy atom. The van der Waals surface area contributed by atoms with Crippen LogP contribution in [0.2, 0.25) is 0 Å². The average molecular weight is 188 g/mol. The number of hydrogen-bond acceptors (Lipinski definition) is 3. The summed E-state index contributed by atoms with van der Waals surface area (Å²) in [4.78, 5) is 22.1. The van der Waals surface area contributed by atoms with E-state index in [0.717, 1.165) is 11.1 Å². The van der Waals surface area contributed by atoms with Crippen LogP contribution in [-0.2, 0) is 14.3 Å². The van der Waals surface area contributed by atoms with Crippen molar-refractivity contribution in [3.63, 3.8) is 0 Å². The SMILES string of the molecule is Cc1ccccc1C1=CC(=O)OC1=O. The van der Waals surface area contributed by atoms with E-state index in [-0.39, 0.29) is 0 Å². The molecule has 0 saturated carbocycles. The Morgan fingerprint density at radius 2 is 1.86 bits per heavy atom. The summed E-state index contributed by atoms with van der Waals surface area (Å²) in [7, 11) is 0. The van der Waals surface area contributed by atoms with Crippen molar-refractivity contribution < 1.29 is 14.3 Å². The number of rotatable bonds is 1. The number of carbonyl (C=O) groups is 2. The minimum absolute atomic E-state index is 0.341. The molecule has 0 unspecified atom stereocenters. The van der Waals surface area contributed by atoms with Crippen molar-refractivity contribution in [3.8, 4) is 0 Å². The van der Waals surface area contributed by atoms with Crippen LogP contribution in [0.15, 0.2) is 30.3 Å². The highest BCUT2D eigenvalue weighted by Gasteiger charge is 2.25. The minimum Gasteiger partial charge on any atom is -0.386 e. The monoisotopic (exact) mass is 188 g/mol. The summed E-state index contributed by atoms with van der Waals surface area (Å²) in [6, 6.07) is 7.37. The molecule has 1 aliphatic heterocycles. The lowest BCUT2D eigenvalue weighted by Gasteiger charge is -2.02. The van der Waals surface area contributed by atoms with E-state index in [4.69, 9.17) is 0 Å². The van der Waals surface area contributed by atoms with Crippen molar-refractivity contribution >= 4 is 17.5 Å². The standard InChI is InChI=1S/C11H8O3/c1-7-4-2-3-5-8(7)9-6-10(12)14-11(9)13/h2-6H,1H3. The summed E-state index contributed by atoms with van der Waals surface area (Å²) in [5.74, 6) is -1.16. The fourth-order valence-electron chi connectivity index (χ4n) is 1.42. The quantitative estimate of drug-likeness (QED) is 0.495. The maximum atomic E-state index is 11.2. The molecule has 2 rings (SSSR count). The second-order valence-electron chi connectivity index (χ2n) is 3.08. The smallest absolute Gasteiger partial charge is 0.346 e. The molecule has 0 atom stereocenters. The van der Waals surface area contributed by atoms with Gasteiger partial charge in [0.15, 0.2) is 0 Å². The van der Waals surface area contributed by atoms with Gasteiger partial charge in [0.25, 0.3) is 0 Å². The number of aryl methyl sites for hydroxylation is 1. The minimum atomic E-state index is -0.590. The van der Waals surface area contributed by atoms with Crippen LogP contribution in [0.5, 0.6) is 0 Å². The van der Waals surface area contributed by atoms with Crippen LogP contribution >= 0.6 is 0 Å². The Hall–Kier alpha value is -1.90. The molecule has 0 aromatic heterocycles. The van der Waals surface area contributed by atoms with Crippen LogP contribution in [0.25, 0.3) is 5.57 Å². The summed E-state index contributed by atoms with van der Waals surface area (Å²) in [5.41, 5.74) is 2.04. The van der Waals surface area contributed by atoms with Crippen molar-refractivity contribution in [1.29, 1.82) is 0 Å². The van der Waals surface area contributed by atoms with Gasteiger partial charge in [-0.3, -0.25) is 0 Å². The third kappa shape index (κ3) is 1.33. The van der Waals surface area contributed by atoms with Crippen molar-refractivity contribution in [1.82, 2.24) is 0 Å². The average Bonchev–Trinajstić information content (AvgIpc) is 2.46. The van der Waals surface area contributed by atoms with E-state index < -0.39 is 11.9 Å². The Labute approximate surface area is 81.0 Å². The number of ether oxygens (including phenoxy) is 1. The van der Waals surface area contributed by atoms with Crippen LogP contribution in [0.4, 0.5) is 0 Å². The van der Waals surface area contributed by atoms with Crippen LogP contribution in [0, 0.1) is 6.92 Å². The first kappa shape index (κ1) is 8.69. The third-order valence-corrected chi connectivity index (χ3v) is 2.11. The zero-order valence-electron chi connectivity index (χ0n) is 7.61. The summed E-state index contributed by atoms with van der Waals surface area (Å²) < 4.78 is 4.41. The zero-order valence-corrected chi connectivity index (χ0v) is 7.61. The molecule has 0 N–H and O–H groups in total. The highest BCUT2D eigenvalue weighted by molar-refractivity contribution is 6.28. The van der Waals surface area contributed by atoms with E-state index in [1.165, 1.54) is 6.08 Å². The van der Waals surface area contributed by atoms with Gasteiger partial charge >= 0.3 is 11.9 Å². The van der Waals surface area contributed by atoms with Gasteiger partial charge in [-0.05, 0) is 18.1 Å². The Kier molecular flexibility index (Phi) is 1.93. The number of cyclic esters (lactones) is 2. The first-order valence-corrected chi connectivity index (χ1v) is 4.22. The fourth-order valence-corrected chi connectivity index (χ4v) is 1.42. The number of benzene rings is 1. The molecule has 0 amide bonds. The Balaban J connectivity index is 2.51. The van der Waals surface area contributed by atoms with Crippen molar-refractivity contribution in [2.75, 3.05) is 0 Å². The van der Waals surface area contributed by atoms with Crippen LogP contribution in [0.3, 0.4) is 0 Å². The molecule has 3 heteroatoms. The molecule has 0 spiro atoms. The molecule has 0 saturated heterocycles. The highest BCUT2D eigenvalue weighted by atomic mass is 16.6. The number of esters is 2. The molecule has 1 aliphatic rings. The molecule has 0 bridgehead atoms. The van der Waals surface area contributed by atoms with Gasteiger partial charge in [-0.1, -0.05) is 24.3 Å². The maximum absolute atomic E-state index is 11.2. The highest BCUT2D eigenvalue weighted by Crippen LogP contribution is 2.23. The fraction of sp³-hybridized carbons (Fsp3) is 0.0909. The predicted molar refractivity (Wildman–Crippen MR) is 50.3 cm³/mol. The molecule has 1 aromatic rings. The Morgan fingerprint density at radius 1 is 1.14 bits per heavy atom. The summed E-state index contributed by atoms with van der Waals surface area (Å²) in [6.45, 7) is 1.88. The molecule has 1 aromatic carbocycles. The molecule has 1 heterocycles. The van der Waals surface area contributed by atoms with E-state index in [1.807, 2.05) is 25.1 Å². The van der Waals surface area contributed by atoms with Crippen LogP contribution in [-0.4, -0.2) is 11.9 Å². The van der Waals surface area contributed by atoms with Gasteiger partial charge in [-0.2, -0.15) is 0 Å². The first-order chi connectivity index (χ1) is 6.68. The molecule has 14 heavy (non-hydrogen) atoms. The summed E-state index contributed by atoms with van der Waals surface area (Å²) in [5, 5.41) is 0. The number of carbonyl (C=O) groups excluding carboxylic acids is 2. The largest absolute Gasteiger partial charge is 0.386 e. The van der Waals surface area contributed by atoms with E-state index in [9.17, 15) is 9.59 Å². The van der Waals surface area contributed by atoms with Crippen molar-refractivity contribution in [2.24, 2.45) is 0 Å².